The summed E-state index contributed by atoms with van der Waals surface area (Å²) in [6.07, 6.45) is -15.3. The number of hydrogen-bond acceptors (Lipinski definition) is 6. The van der Waals surface area contributed by atoms with E-state index >= 15 is 4.39 Å². The molecule has 2 aromatic carbocycles. The van der Waals surface area contributed by atoms with Gasteiger partial charge in [-0.15, -0.1) is 0 Å². The summed E-state index contributed by atoms with van der Waals surface area (Å²) in [6, 6.07) is 4.38. The number of aliphatic hydroxyl groups is 2. The summed E-state index contributed by atoms with van der Waals surface area (Å²) in [4.78, 5) is 25.4. The molecule has 45 heavy (non-hydrogen) atoms. The van der Waals surface area contributed by atoms with Gasteiger partial charge in [0.05, 0.1) is 16.6 Å². The Hall–Kier alpha value is -3.11. The summed E-state index contributed by atoms with van der Waals surface area (Å²) in [5.74, 6) is -5.82. The van der Waals surface area contributed by atoms with Gasteiger partial charge in [0, 0.05) is 23.9 Å². The van der Waals surface area contributed by atoms with Gasteiger partial charge < -0.3 is 20.3 Å². The molecule has 0 radical (unpaired) electrons. The minimum atomic E-state index is -6.44. The maximum absolute atomic E-state index is 15.0. The first-order valence-corrected chi connectivity index (χ1v) is 15.1. The van der Waals surface area contributed by atoms with Crippen molar-refractivity contribution in [3.05, 3.63) is 65.0 Å². The van der Waals surface area contributed by atoms with Crippen LogP contribution in [0.1, 0.15) is 43.4 Å². The molecule has 0 aromatic heterocycles. The van der Waals surface area contributed by atoms with Crippen molar-refractivity contribution in [1.82, 2.24) is 5.32 Å². The van der Waals surface area contributed by atoms with Gasteiger partial charge in [0.15, 0.2) is 9.84 Å². The van der Waals surface area contributed by atoms with Crippen molar-refractivity contribution < 1.29 is 63.3 Å². The highest BCUT2D eigenvalue weighted by Gasteiger charge is 2.74. The van der Waals surface area contributed by atoms with Gasteiger partial charge in [0.1, 0.15) is 16.9 Å². The maximum atomic E-state index is 15.0. The molecule has 0 heterocycles. The van der Waals surface area contributed by atoms with Crippen LogP contribution in [0.15, 0.2) is 47.4 Å². The molecule has 0 spiro atoms. The van der Waals surface area contributed by atoms with Gasteiger partial charge in [-0.25, -0.2) is 17.2 Å². The predicted molar refractivity (Wildman–Crippen MR) is 141 cm³/mol. The number of nitrogens with one attached hydrogen (secondary N) is 1. The molecule has 0 bridgehead atoms. The molecule has 2 aromatic rings. The third kappa shape index (κ3) is 5.41. The van der Waals surface area contributed by atoms with E-state index in [0.717, 1.165) is 24.3 Å². The van der Waals surface area contributed by atoms with Crippen molar-refractivity contribution in [2.24, 2.45) is 17.8 Å². The SMILES string of the molecule is CC(C)(O)C(O)CNC(=O)[C@@H]1CC(C=O)[C@]2(S(=O)(=O)c3ccc(F)cc3)c3ccc(C(F)(C(F)(F)F)C(F)(F)F)cc3CC[C@@H]12. The number of rotatable bonds is 8. The largest absolute Gasteiger partial charge is 0.435 e. The van der Waals surface area contributed by atoms with E-state index in [4.69, 9.17) is 0 Å². The molecule has 1 fully saturated rings. The van der Waals surface area contributed by atoms with Crippen molar-refractivity contribution in [3.63, 3.8) is 0 Å². The molecule has 2 aliphatic rings. The van der Waals surface area contributed by atoms with Crippen molar-refractivity contribution in [3.8, 4) is 0 Å². The second-order valence-electron chi connectivity index (χ2n) is 11.9. The minimum absolute atomic E-state index is 0.166. The minimum Gasteiger partial charge on any atom is -0.388 e. The van der Waals surface area contributed by atoms with E-state index in [2.05, 4.69) is 5.32 Å². The van der Waals surface area contributed by atoms with Crippen LogP contribution in [0.4, 0.5) is 35.1 Å². The van der Waals surface area contributed by atoms with E-state index < -0.39 is 103 Å². The zero-order valence-corrected chi connectivity index (χ0v) is 24.5. The number of halogens is 8. The number of carbonyl (C=O) groups excluding carboxylic acids is 2. The molecule has 1 saturated carbocycles. The van der Waals surface area contributed by atoms with Crippen LogP contribution in [0.5, 0.6) is 0 Å². The fourth-order valence-electron chi connectivity index (χ4n) is 6.57. The summed E-state index contributed by atoms with van der Waals surface area (Å²) in [5.41, 5.74) is -10.1. The first-order valence-electron chi connectivity index (χ1n) is 13.6. The first kappa shape index (κ1) is 34.8. The lowest BCUT2D eigenvalue weighted by molar-refractivity contribution is -0.348. The number of hydrogen-bond donors (Lipinski definition) is 3. The lowest BCUT2D eigenvalue weighted by Gasteiger charge is -2.44. The van der Waals surface area contributed by atoms with E-state index in [0.29, 0.717) is 6.07 Å². The molecule has 2 aliphatic carbocycles. The Kier molecular flexibility index (Phi) is 8.73. The summed E-state index contributed by atoms with van der Waals surface area (Å²) >= 11 is 0. The molecular weight excluding hydrogens is 642 g/mol. The van der Waals surface area contributed by atoms with Gasteiger partial charge in [0.25, 0.3) is 0 Å². The first-order chi connectivity index (χ1) is 20.5. The maximum Gasteiger partial charge on any atom is 0.435 e. The van der Waals surface area contributed by atoms with Gasteiger partial charge in [-0.3, -0.25) is 4.79 Å². The lowest BCUT2D eigenvalue weighted by Crippen LogP contribution is -2.52. The van der Waals surface area contributed by atoms with Crippen molar-refractivity contribution in [2.45, 2.75) is 72.5 Å². The van der Waals surface area contributed by atoms with Gasteiger partial charge >= 0.3 is 18.0 Å². The van der Waals surface area contributed by atoms with Gasteiger partial charge in [-0.05, 0) is 74.4 Å². The Morgan fingerprint density at radius 3 is 2.13 bits per heavy atom. The van der Waals surface area contributed by atoms with Crippen LogP contribution in [-0.4, -0.2) is 61.4 Å². The smallest absolute Gasteiger partial charge is 0.388 e. The molecule has 1 amide bonds. The molecule has 0 aliphatic heterocycles. The molecule has 3 N–H and O–H groups in total. The molecule has 2 unspecified atom stereocenters. The van der Waals surface area contributed by atoms with E-state index in [9.17, 15) is 59.0 Å². The van der Waals surface area contributed by atoms with Crippen LogP contribution in [0.3, 0.4) is 0 Å². The topological polar surface area (TPSA) is 121 Å². The fourth-order valence-corrected chi connectivity index (χ4v) is 9.18. The Morgan fingerprint density at radius 1 is 1.04 bits per heavy atom. The predicted octanol–water partition coefficient (Wildman–Crippen LogP) is 4.43. The van der Waals surface area contributed by atoms with Crippen LogP contribution >= 0.6 is 0 Å². The molecule has 248 valence electrons. The summed E-state index contributed by atoms with van der Waals surface area (Å²) in [6.45, 7) is 2.04. The summed E-state index contributed by atoms with van der Waals surface area (Å²) < 4.78 is 137. The van der Waals surface area contributed by atoms with Crippen molar-refractivity contribution >= 4 is 22.0 Å². The number of carbonyl (C=O) groups is 2. The highest BCUT2D eigenvalue weighted by molar-refractivity contribution is 7.92. The average molecular weight is 672 g/mol. The zero-order valence-electron chi connectivity index (χ0n) is 23.7. The Labute approximate surface area is 252 Å². The normalized spacial score (nSPS) is 24.8. The third-order valence-corrected chi connectivity index (χ3v) is 11.5. The number of amides is 1. The molecule has 7 nitrogen and oxygen atoms in total. The Balaban J connectivity index is 1.94. The monoisotopic (exact) mass is 671 g/mol. The molecule has 4 rings (SSSR count). The number of benzene rings is 2. The van der Waals surface area contributed by atoms with E-state index in [1.165, 1.54) is 13.8 Å². The number of alkyl halides is 7. The number of sulfone groups is 1. The lowest BCUT2D eigenvalue weighted by atomic mass is 9.70. The van der Waals surface area contributed by atoms with E-state index in [-0.39, 0.29) is 36.8 Å². The zero-order chi connectivity index (χ0) is 34.0. The fraction of sp³-hybridized carbons (Fsp3) is 0.517. The van der Waals surface area contributed by atoms with E-state index in [1.807, 2.05) is 0 Å². The second kappa shape index (κ2) is 11.3. The van der Waals surface area contributed by atoms with E-state index in [1.54, 1.807) is 0 Å². The Morgan fingerprint density at radius 2 is 1.62 bits per heavy atom. The highest BCUT2D eigenvalue weighted by atomic mass is 32.2. The number of fused-ring (bicyclic) bond motifs is 3. The Bertz CT molecular complexity index is 1550. The summed E-state index contributed by atoms with van der Waals surface area (Å²) in [7, 11) is -4.88. The average Bonchev–Trinajstić information content (AvgIpc) is 3.30. The molecular formula is C29H29F8NO6S. The molecule has 5 atom stereocenters. The summed E-state index contributed by atoms with van der Waals surface area (Å²) in [5, 5.41) is 22.6. The molecule has 16 heteroatoms. The van der Waals surface area contributed by atoms with Crippen LogP contribution in [0, 0.1) is 23.6 Å². The van der Waals surface area contributed by atoms with Gasteiger partial charge in [-0.1, -0.05) is 18.2 Å². The van der Waals surface area contributed by atoms with Crippen LogP contribution < -0.4 is 5.32 Å². The van der Waals surface area contributed by atoms with Crippen molar-refractivity contribution in [2.75, 3.05) is 6.54 Å². The van der Waals surface area contributed by atoms with Crippen LogP contribution in [0.2, 0.25) is 0 Å². The van der Waals surface area contributed by atoms with Gasteiger partial charge in [-0.2, -0.15) is 26.3 Å². The second-order valence-corrected chi connectivity index (χ2v) is 14.1. The van der Waals surface area contributed by atoms with Crippen molar-refractivity contribution in [1.29, 1.82) is 0 Å². The third-order valence-electron chi connectivity index (χ3n) is 8.88. The molecule has 0 saturated heterocycles. The van der Waals surface area contributed by atoms with Crippen LogP contribution in [-0.2, 0) is 36.3 Å². The quantitative estimate of drug-likeness (QED) is 0.217. The van der Waals surface area contributed by atoms with Gasteiger partial charge in [0.2, 0.25) is 5.91 Å². The number of aliphatic hydroxyl groups excluding tert-OH is 1. The highest BCUT2D eigenvalue weighted by Crippen LogP contribution is 2.62. The van der Waals surface area contributed by atoms with Crippen LogP contribution in [0.25, 0.3) is 0 Å². The standard InChI is InChI=1S/C29H29F8NO6S/c1-25(2,42)23(40)13-38-24(41)20-12-17(14-39)26(45(43,44)19-7-5-18(30)6-8-19)21-10-4-16(11-15(21)3-9-22(20)26)27(31,28(32,33)34)29(35,36)37/h4-8,10-11,14,17,20,22-23,40,42H,3,9,12-13H2,1-2H3,(H,38,41)/t17?,20-,22+,23?,26+/m1/s1. The number of aldehydes is 1. The number of aryl methyl sites for hydroxylation is 1.